The molecule has 2 aromatic carbocycles. The van der Waals surface area contributed by atoms with Gasteiger partial charge in [-0.25, -0.2) is 4.98 Å². The number of aromatic nitrogens is 2. The number of carbonyl (C=O) groups excluding carboxylic acids is 1. The van der Waals surface area contributed by atoms with Gasteiger partial charge in [-0.1, -0.05) is 42.5 Å². The number of carbonyl (C=O) groups is 1. The number of thioether (sulfide) groups is 1. The Hall–Kier alpha value is -2.31. The summed E-state index contributed by atoms with van der Waals surface area (Å²) in [6.45, 7) is 4.29. The number of likely N-dealkylation sites (tertiary alicyclic amines) is 1. The van der Waals surface area contributed by atoms with Crippen LogP contribution in [0.15, 0.2) is 54.6 Å². The summed E-state index contributed by atoms with van der Waals surface area (Å²) in [5.41, 5.74) is 3.21. The number of ether oxygens (including phenoxy) is 1. The summed E-state index contributed by atoms with van der Waals surface area (Å²) in [5, 5.41) is 0.151. The summed E-state index contributed by atoms with van der Waals surface area (Å²) in [6.07, 6.45) is 2.05. The number of benzene rings is 2. The van der Waals surface area contributed by atoms with Crippen molar-refractivity contribution in [3.8, 4) is 0 Å². The molecule has 5 nitrogen and oxygen atoms in total. The summed E-state index contributed by atoms with van der Waals surface area (Å²) in [4.78, 5) is 22.6. The monoisotopic (exact) mass is 409 g/mol. The van der Waals surface area contributed by atoms with Crippen molar-refractivity contribution in [2.24, 2.45) is 0 Å². The lowest BCUT2D eigenvalue weighted by atomic mass is 10.1. The van der Waals surface area contributed by atoms with E-state index in [0.717, 1.165) is 42.8 Å². The smallest absolute Gasteiger partial charge is 0.232 e. The van der Waals surface area contributed by atoms with E-state index in [4.69, 9.17) is 4.74 Å². The third-order valence-corrected chi connectivity index (χ3v) is 6.51. The molecule has 1 aliphatic heterocycles. The molecule has 1 amide bonds. The minimum Gasteiger partial charge on any atom is -0.373 e. The molecular formula is C23H27N3O2S. The zero-order valence-electron chi connectivity index (χ0n) is 16.7. The first-order valence-electron chi connectivity index (χ1n) is 10.2. The molecule has 1 saturated heterocycles. The highest BCUT2D eigenvalue weighted by molar-refractivity contribution is 8.00. The lowest BCUT2D eigenvalue weighted by Gasteiger charge is -2.32. The average Bonchev–Trinajstić information content (AvgIpc) is 3.21. The largest absolute Gasteiger partial charge is 0.373 e. The van der Waals surface area contributed by atoms with Gasteiger partial charge in [-0.05, 0) is 37.5 Å². The maximum Gasteiger partial charge on any atom is 0.232 e. The van der Waals surface area contributed by atoms with Crippen molar-refractivity contribution in [2.45, 2.75) is 37.7 Å². The zero-order chi connectivity index (χ0) is 20.1. The van der Waals surface area contributed by atoms with Crippen LogP contribution in [0.25, 0.3) is 11.0 Å². The molecule has 3 aromatic rings. The van der Waals surface area contributed by atoms with Crippen molar-refractivity contribution in [3.63, 3.8) is 0 Å². The van der Waals surface area contributed by atoms with Crippen LogP contribution in [0.2, 0.25) is 0 Å². The maximum atomic E-state index is 12.6. The highest BCUT2D eigenvalue weighted by Gasteiger charge is 2.24. The Kier molecular flexibility index (Phi) is 6.52. The van der Waals surface area contributed by atoms with E-state index in [2.05, 4.69) is 29.0 Å². The molecule has 1 N–H and O–H groups in total. The first-order valence-corrected chi connectivity index (χ1v) is 11.2. The van der Waals surface area contributed by atoms with Crippen molar-refractivity contribution in [2.75, 3.05) is 18.8 Å². The highest BCUT2D eigenvalue weighted by atomic mass is 32.2. The number of imidazole rings is 1. The predicted octanol–water partition coefficient (Wildman–Crippen LogP) is 4.56. The fourth-order valence-corrected chi connectivity index (χ4v) is 4.44. The van der Waals surface area contributed by atoms with Gasteiger partial charge in [0.15, 0.2) is 0 Å². The van der Waals surface area contributed by atoms with Crippen molar-refractivity contribution in [1.29, 1.82) is 0 Å². The number of para-hydroxylation sites is 2. The number of hydrogen-bond acceptors (Lipinski definition) is 4. The molecule has 2 heterocycles. The molecular weight excluding hydrogens is 382 g/mol. The molecule has 0 radical (unpaired) electrons. The number of H-pyrrole nitrogens is 1. The molecule has 29 heavy (non-hydrogen) atoms. The van der Waals surface area contributed by atoms with Crippen LogP contribution in [0.5, 0.6) is 0 Å². The number of amides is 1. The molecule has 1 aromatic heterocycles. The van der Waals surface area contributed by atoms with Crippen LogP contribution in [0.3, 0.4) is 0 Å². The summed E-state index contributed by atoms with van der Waals surface area (Å²) in [5.74, 6) is 1.62. The van der Waals surface area contributed by atoms with Crippen molar-refractivity contribution >= 4 is 28.7 Å². The number of nitrogens with zero attached hydrogens (tertiary/aromatic N) is 2. The van der Waals surface area contributed by atoms with Crippen molar-refractivity contribution < 1.29 is 9.53 Å². The first kappa shape index (κ1) is 20.0. The average molecular weight is 410 g/mol. The first-order chi connectivity index (χ1) is 14.2. The quantitative estimate of drug-likeness (QED) is 0.621. The minimum absolute atomic E-state index is 0.151. The van der Waals surface area contributed by atoms with Crippen LogP contribution in [0.4, 0.5) is 0 Å². The van der Waals surface area contributed by atoms with Gasteiger partial charge in [0.2, 0.25) is 5.91 Å². The normalized spacial score (nSPS) is 16.2. The Balaban J connectivity index is 1.20. The molecule has 0 spiro atoms. The van der Waals surface area contributed by atoms with E-state index in [0.29, 0.717) is 12.4 Å². The molecule has 1 atom stereocenters. The van der Waals surface area contributed by atoms with Gasteiger partial charge >= 0.3 is 0 Å². The number of aromatic amines is 1. The Morgan fingerprint density at radius 3 is 2.66 bits per heavy atom. The van der Waals surface area contributed by atoms with E-state index in [-0.39, 0.29) is 17.3 Å². The third kappa shape index (κ3) is 5.19. The number of fused-ring (bicyclic) bond motifs is 1. The van der Waals surface area contributed by atoms with Crippen molar-refractivity contribution in [1.82, 2.24) is 14.9 Å². The Morgan fingerprint density at radius 1 is 1.17 bits per heavy atom. The molecule has 4 rings (SSSR count). The van der Waals surface area contributed by atoms with Gasteiger partial charge in [0.05, 0.1) is 34.7 Å². The fraction of sp³-hybridized carbons (Fsp3) is 0.391. The molecule has 0 aliphatic carbocycles. The standard InChI is InChI=1S/C23H27N3O2S/c1-17(23-24-20-9-5-6-10-21(20)25-23)29-16-22(27)26-13-11-19(12-14-26)28-15-18-7-3-2-4-8-18/h2-10,17,19H,11-16H2,1H3,(H,24,25). The lowest BCUT2D eigenvalue weighted by molar-refractivity contribution is -0.131. The zero-order valence-corrected chi connectivity index (χ0v) is 17.5. The van der Waals surface area contributed by atoms with Crippen LogP contribution in [0, 0.1) is 0 Å². The van der Waals surface area contributed by atoms with Gasteiger partial charge in [-0.15, -0.1) is 11.8 Å². The van der Waals surface area contributed by atoms with E-state index >= 15 is 0 Å². The SMILES string of the molecule is CC(SCC(=O)N1CCC(OCc2ccccc2)CC1)c1nc2ccccc2[nH]1. The van der Waals surface area contributed by atoms with Crippen LogP contribution in [-0.2, 0) is 16.1 Å². The van der Waals surface area contributed by atoms with Gasteiger partial charge in [0.25, 0.3) is 0 Å². The van der Waals surface area contributed by atoms with Crippen molar-refractivity contribution in [3.05, 3.63) is 66.0 Å². The van der Waals surface area contributed by atoms with Gasteiger partial charge in [0, 0.05) is 13.1 Å². The fourth-order valence-electron chi connectivity index (χ4n) is 3.59. The molecule has 1 unspecified atom stereocenters. The van der Waals surface area contributed by atoms with Crippen LogP contribution in [0.1, 0.15) is 36.4 Å². The maximum absolute atomic E-state index is 12.6. The van der Waals surface area contributed by atoms with Gasteiger partial charge < -0.3 is 14.6 Å². The molecule has 1 fully saturated rings. The van der Waals surface area contributed by atoms with Gasteiger partial charge in [0.1, 0.15) is 5.82 Å². The Labute approximate surface area is 175 Å². The number of rotatable bonds is 7. The third-order valence-electron chi connectivity index (χ3n) is 5.37. The van der Waals surface area contributed by atoms with E-state index in [1.165, 1.54) is 5.56 Å². The van der Waals surface area contributed by atoms with E-state index in [1.807, 2.05) is 47.4 Å². The summed E-state index contributed by atoms with van der Waals surface area (Å²) in [7, 11) is 0. The lowest BCUT2D eigenvalue weighted by Crippen LogP contribution is -2.41. The minimum atomic E-state index is 0.151. The number of hydrogen-bond donors (Lipinski definition) is 1. The van der Waals surface area contributed by atoms with E-state index in [9.17, 15) is 4.79 Å². The van der Waals surface area contributed by atoms with Gasteiger partial charge in [-0.2, -0.15) is 0 Å². The highest BCUT2D eigenvalue weighted by Crippen LogP contribution is 2.28. The number of piperidine rings is 1. The second-order valence-corrected chi connectivity index (χ2v) is 8.80. The van der Waals surface area contributed by atoms with E-state index in [1.54, 1.807) is 11.8 Å². The Bertz CT molecular complexity index is 902. The van der Waals surface area contributed by atoms with Crippen LogP contribution in [-0.4, -0.2) is 45.7 Å². The summed E-state index contributed by atoms with van der Waals surface area (Å²) < 4.78 is 6.03. The number of nitrogens with one attached hydrogen (secondary N) is 1. The predicted molar refractivity (Wildman–Crippen MR) is 118 cm³/mol. The summed E-state index contributed by atoms with van der Waals surface area (Å²) in [6, 6.07) is 18.3. The Morgan fingerprint density at radius 2 is 1.90 bits per heavy atom. The molecule has 1 aliphatic rings. The molecule has 0 bridgehead atoms. The molecule has 0 saturated carbocycles. The topological polar surface area (TPSA) is 58.2 Å². The van der Waals surface area contributed by atoms with Crippen LogP contribution < -0.4 is 0 Å². The second kappa shape index (κ2) is 9.46. The second-order valence-electron chi connectivity index (χ2n) is 7.47. The molecule has 152 valence electrons. The molecule has 6 heteroatoms. The van der Waals surface area contributed by atoms with Crippen LogP contribution >= 0.6 is 11.8 Å². The van der Waals surface area contributed by atoms with E-state index < -0.39 is 0 Å². The summed E-state index contributed by atoms with van der Waals surface area (Å²) >= 11 is 1.64. The van der Waals surface area contributed by atoms with Gasteiger partial charge in [-0.3, -0.25) is 4.79 Å².